The highest BCUT2D eigenvalue weighted by Gasteiger charge is 2.16. The summed E-state index contributed by atoms with van der Waals surface area (Å²) in [5, 5.41) is 2.63. The lowest BCUT2D eigenvalue weighted by Crippen LogP contribution is -2.27. The van der Waals surface area contributed by atoms with E-state index in [9.17, 15) is 9.18 Å². The van der Waals surface area contributed by atoms with Gasteiger partial charge in [0, 0.05) is 11.8 Å². The quantitative estimate of drug-likeness (QED) is 0.900. The zero-order valence-electron chi connectivity index (χ0n) is 11.0. The Kier molecular flexibility index (Phi) is 4.32. The van der Waals surface area contributed by atoms with Crippen LogP contribution in [0.4, 0.5) is 10.1 Å². The van der Waals surface area contributed by atoms with Crippen molar-refractivity contribution in [3.8, 4) is 5.75 Å². The fraction of sp³-hybridized carbons (Fsp3) is 0.133. The fourth-order valence-electron chi connectivity index (χ4n) is 1.77. The zero-order valence-corrected chi connectivity index (χ0v) is 11.0. The molecule has 20 heavy (non-hydrogen) atoms. The molecule has 4 nitrogen and oxygen atoms in total. The number of carbonyl (C=O) groups excluding carboxylic acids is 1. The number of hydrogen-bond donors (Lipinski definition) is 2. The Labute approximate surface area is 116 Å². The predicted octanol–water partition coefficient (Wildman–Crippen LogP) is 2.47. The predicted molar refractivity (Wildman–Crippen MR) is 75.0 cm³/mol. The van der Waals surface area contributed by atoms with E-state index in [2.05, 4.69) is 5.32 Å². The SMILES string of the molecule is COc1cc(NC(=O)[C@@H](N)c2ccccc2)ccc1F. The van der Waals surface area contributed by atoms with Gasteiger partial charge in [0.25, 0.3) is 0 Å². The first-order valence-electron chi connectivity index (χ1n) is 6.06. The third-order valence-corrected chi connectivity index (χ3v) is 2.86. The fourth-order valence-corrected chi connectivity index (χ4v) is 1.77. The Morgan fingerprint density at radius 1 is 1.25 bits per heavy atom. The van der Waals surface area contributed by atoms with E-state index in [0.717, 1.165) is 0 Å². The number of halogens is 1. The van der Waals surface area contributed by atoms with E-state index in [-0.39, 0.29) is 11.7 Å². The topological polar surface area (TPSA) is 64.3 Å². The van der Waals surface area contributed by atoms with Crippen molar-refractivity contribution < 1.29 is 13.9 Å². The highest BCUT2D eigenvalue weighted by atomic mass is 19.1. The van der Waals surface area contributed by atoms with Gasteiger partial charge in [-0.15, -0.1) is 0 Å². The molecule has 0 bridgehead atoms. The first-order chi connectivity index (χ1) is 9.61. The van der Waals surface area contributed by atoms with Crippen LogP contribution in [0.1, 0.15) is 11.6 Å². The molecule has 1 amide bonds. The molecule has 0 fully saturated rings. The number of carbonyl (C=O) groups is 1. The van der Waals surface area contributed by atoms with Crippen LogP contribution in [0.15, 0.2) is 48.5 Å². The summed E-state index contributed by atoms with van der Waals surface area (Å²) in [4.78, 5) is 12.0. The van der Waals surface area contributed by atoms with E-state index < -0.39 is 11.9 Å². The van der Waals surface area contributed by atoms with Crippen LogP contribution >= 0.6 is 0 Å². The number of methoxy groups -OCH3 is 1. The van der Waals surface area contributed by atoms with Gasteiger partial charge >= 0.3 is 0 Å². The minimum absolute atomic E-state index is 0.0658. The molecular weight excluding hydrogens is 259 g/mol. The van der Waals surface area contributed by atoms with Crippen LogP contribution in [0.5, 0.6) is 5.75 Å². The van der Waals surface area contributed by atoms with Gasteiger partial charge in [-0.25, -0.2) is 4.39 Å². The molecular formula is C15H15FN2O2. The number of ether oxygens (including phenoxy) is 1. The Hall–Kier alpha value is -2.40. The number of nitrogens with one attached hydrogen (secondary N) is 1. The monoisotopic (exact) mass is 274 g/mol. The van der Waals surface area contributed by atoms with Gasteiger partial charge in [-0.1, -0.05) is 30.3 Å². The average Bonchev–Trinajstić information content (AvgIpc) is 2.49. The van der Waals surface area contributed by atoms with Gasteiger partial charge in [-0.2, -0.15) is 0 Å². The van der Waals surface area contributed by atoms with E-state index in [1.165, 1.54) is 25.3 Å². The lowest BCUT2D eigenvalue weighted by Gasteiger charge is -2.13. The summed E-state index contributed by atoms with van der Waals surface area (Å²) in [6, 6.07) is 12.3. The molecule has 3 N–H and O–H groups in total. The molecule has 2 aromatic carbocycles. The van der Waals surface area contributed by atoms with Crippen molar-refractivity contribution in [3.05, 3.63) is 59.9 Å². The van der Waals surface area contributed by atoms with Crippen LogP contribution in [-0.4, -0.2) is 13.0 Å². The lowest BCUT2D eigenvalue weighted by atomic mass is 10.1. The largest absolute Gasteiger partial charge is 0.494 e. The van der Waals surface area contributed by atoms with Crippen LogP contribution in [-0.2, 0) is 4.79 Å². The zero-order chi connectivity index (χ0) is 14.5. The number of hydrogen-bond acceptors (Lipinski definition) is 3. The summed E-state index contributed by atoms with van der Waals surface area (Å²) in [6.45, 7) is 0. The smallest absolute Gasteiger partial charge is 0.245 e. The Balaban J connectivity index is 2.12. The van der Waals surface area contributed by atoms with Crippen LogP contribution in [0.3, 0.4) is 0 Å². The number of nitrogens with two attached hydrogens (primary N) is 1. The third kappa shape index (κ3) is 3.13. The lowest BCUT2D eigenvalue weighted by molar-refractivity contribution is -0.117. The van der Waals surface area contributed by atoms with E-state index in [1.54, 1.807) is 12.1 Å². The first kappa shape index (κ1) is 14.0. The molecule has 1 atom stereocenters. The summed E-state index contributed by atoms with van der Waals surface area (Å²) in [6.07, 6.45) is 0. The van der Waals surface area contributed by atoms with Crippen molar-refractivity contribution in [2.45, 2.75) is 6.04 Å². The van der Waals surface area contributed by atoms with Crippen molar-refractivity contribution in [1.29, 1.82) is 0 Å². The summed E-state index contributed by atoms with van der Waals surface area (Å²) in [7, 11) is 1.36. The number of benzene rings is 2. The standard InChI is InChI=1S/C15H15FN2O2/c1-20-13-9-11(7-8-12(13)16)18-15(19)14(17)10-5-3-2-4-6-10/h2-9,14H,17H2,1H3,(H,18,19)/t14-/m0/s1. The minimum atomic E-state index is -0.785. The molecule has 0 aliphatic carbocycles. The summed E-state index contributed by atoms with van der Waals surface area (Å²) < 4.78 is 18.1. The van der Waals surface area contributed by atoms with Crippen LogP contribution in [0.25, 0.3) is 0 Å². The van der Waals surface area contributed by atoms with E-state index >= 15 is 0 Å². The molecule has 0 saturated heterocycles. The molecule has 0 radical (unpaired) electrons. The second kappa shape index (κ2) is 6.16. The van der Waals surface area contributed by atoms with Crippen molar-refractivity contribution >= 4 is 11.6 Å². The highest BCUT2D eigenvalue weighted by Crippen LogP contribution is 2.22. The first-order valence-corrected chi connectivity index (χ1v) is 6.06. The minimum Gasteiger partial charge on any atom is -0.494 e. The molecule has 5 heteroatoms. The molecule has 0 heterocycles. The molecule has 0 saturated carbocycles. The molecule has 2 rings (SSSR count). The van der Waals surface area contributed by atoms with Crippen molar-refractivity contribution in [2.75, 3.05) is 12.4 Å². The van der Waals surface area contributed by atoms with Gasteiger partial charge in [-0.3, -0.25) is 4.79 Å². The molecule has 0 aliphatic rings. The molecule has 0 unspecified atom stereocenters. The Morgan fingerprint density at radius 3 is 2.60 bits per heavy atom. The van der Waals surface area contributed by atoms with Crippen molar-refractivity contribution in [1.82, 2.24) is 0 Å². The van der Waals surface area contributed by atoms with Crippen molar-refractivity contribution in [3.63, 3.8) is 0 Å². The normalized spacial score (nSPS) is 11.8. The highest BCUT2D eigenvalue weighted by molar-refractivity contribution is 5.95. The maximum Gasteiger partial charge on any atom is 0.245 e. The maximum atomic E-state index is 13.3. The second-order valence-corrected chi connectivity index (χ2v) is 4.23. The number of amides is 1. The van der Waals surface area contributed by atoms with Gasteiger partial charge in [-0.05, 0) is 17.7 Å². The van der Waals surface area contributed by atoms with E-state index in [0.29, 0.717) is 11.3 Å². The third-order valence-electron chi connectivity index (χ3n) is 2.86. The molecule has 0 aromatic heterocycles. The number of anilines is 1. The molecule has 0 spiro atoms. The Morgan fingerprint density at radius 2 is 1.95 bits per heavy atom. The van der Waals surface area contributed by atoms with Gasteiger partial charge < -0.3 is 15.8 Å². The Bertz CT molecular complexity index is 602. The van der Waals surface area contributed by atoms with Gasteiger partial charge in [0.05, 0.1) is 7.11 Å². The molecule has 104 valence electrons. The molecule has 0 aliphatic heterocycles. The van der Waals surface area contributed by atoms with E-state index in [4.69, 9.17) is 10.5 Å². The average molecular weight is 274 g/mol. The second-order valence-electron chi connectivity index (χ2n) is 4.23. The van der Waals surface area contributed by atoms with E-state index in [1.807, 2.05) is 18.2 Å². The van der Waals surface area contributed by atoms with Crippen LogP contribution < -0.4 is 15.8 Å². The van der Waals surface area contributed by atoms with Gasteiger partial charge in [0.2, 0.25) is 5.91 Å². The van der Waals surface area contributed by atoms with Gasteiger partial charge in [0.1, 0.15) is 6.04 Å². The van der Waals surface area contributed by atoms with Crippen LogP contribution in [0, 0.1) is 5.82 Å². The summed E-state index contributed by atoms with van der Waals surface area (Å²) in [5.41, 5.74) is 7.01. The summed E-state index contributed by atoms with van der Waals surface area (Å²) in [5.74, 6) is -0.793. The summed E-state index contributed by atoms with van der Waals surface area (Å²) >= 11 is 0. The molecule has 2 aromatic rings. The van der Waals surface area contributed by atoms with Gasteiger partial charge in [0.15, 0.2) is 11.6 Å². The number of rotatable bonds is 4. The van der Waals surface area contributed by atoms with Crippen molar-refractivity contribution in [2.24, 2.45) is 5.73 Å². The van der Waals surface area contributed by atoms with Crippen LogP contribution in [0.2, 0.25) is 0 Å². The maximum absolute atomic E-state index is 13.3.